The molecule has 0 saturated carbocycles. The maximum Gasteiger partial charge on any atom is 0.0524 e. The molecule has 0 radical (unpaired) electrons. The Balaban J connectivity index is 1.82. The van der Waals surface area contributed by atoms with Crippen molar-refractivity contribution in [2.45, 2.75) is 32.9 Å². The summed E-state index contributed by atoms with van der Waals surface area (Å²) >= 11 is 0. The molecule has 17 heavy (non-hydrogen) atoms. The lowest BCUT2D eigenvalue weighted by Crippen LogP contribution is -2.36. The molecule has 1 aromatic heterocycles. The highest BCUT2D eigenvalue weighted by Crippen LogP contribution is 2.18. The minimum atomic E-state index is 0.868. The van der Waals surface area contributed by atoms with Crippen molar-refractivity contribution in [2.75, 3.05) is 26.7 Å². The van der Waals surface area contributed by atoms with E-state index in [0.717, 1.165) is 19.0 Å². The van der Waals surface area contributed by atoms with Crippen LogP contribution in [0.3, 0.4) is 0 Å². The van der Waals surface area contributed by atoms with Crippen molar-refractivity contribution < 1.29 is 0 Å². The van der Waals surface area contributed by atoms with Crippen molar-refractivity contribution in [2.24, 2.45) is 5.92 Å². The smallest absolute Gasteiger partial charge is 0.0524 e. The van der Waals surface area contributed by atoms with Gasteiger partial charge in [-0.1, -0.05) is 0 Å². The van der Waals surface area contributed by atoms with Crippen LogP contribution in [-0.4, -0.2) is 41.4 Å². The van der Waals surface area contributed by atoms with E-state index < -0.39 is 0 Å². The Hall–Kier alpha value is -0.870. The van der Waals surface area contributed by atoms with Gasteiger partial charge in [0.2, 0.25) is 0 Å². The van der Waals surface area contributed by atoms with Crippen LogP contribution in [0.2, 0.25) is 0 Å². The van der Waals surface area contributed by atoms with E-state index in [1.165, 1.54) is 38.2 Å². The van der Waals surface area contributed by atoms with Gasteiger partial charge in [0.1, 0.15) is 0 Å². The molecule has 4 nitrogen and oxygen atoms in total. The highest BCUT2D eigenvalue weighted by atomic mass is 15.3. The van der Waals surface area contributed by atoms with Crippen molar-refractivity contribution in [1.82, 2.24) is 20.0 Å². The average molecular weight is 236 g/mol. The summed E-state index contributed by atoms with van der Waals surface area (Å²) in [5, 5.41) is 7.61. The van der Waals surface area contributed by atoms with E-state index in [-0.39, 0.29) is 0 Å². The minimum Gasteiger partial charge on any atom is -0.319 e. The lowest BCUT2D eigenvalue weighted by atomic mass is 9.97. The fourth-order valence-corrected chi connectivity index (χ4v) is 2.65. The van der Waals surface area contributed by atoms with Crippen LogP contribution in [0.4, 0.5) is 0 Å². The Kier molecular flexibility index (Phi) is 4.57. The Labute approximate surface area is 104 Å². The van der Waals surface area contributed by atoms with Crippen LogP contribution < -0.4 is 5.32 Å². The highest BCUT2D eigenvalue weighted by Gasteiger charge is 2.19. The van der Waals surface area contributed by atoms with E-state index in [2.05, 4.69) is 33.0 Å². The summed E-state index contributed by atoms with van der Waals surface area (Å²) in [5.41, 5.74) is 1.35. The minimum absolute atomic E-state index is 0.868. The first-order chi connectivity index (χ1) is 8.33. The van der Waals surface area contributed by atoms with Crippen molar-refractivity contribution in [1.29, 1.82) is 0 Å². The molecule has 0 spiro atoms. The molecule has 0 aromatic carbocycles. The quantitative estimate of drug-likeness (QED) is 0.837. The number of likely N-dealkylation sites (tertiary alicyclic amines) is 1. The van der Waals surface area contributed by atoms with Gasteiger partial charge < -0.3 is 5.32 Å². The van der Waals surface area contributed by atoms with Gasteiger partial charge in [-0.25, -0.2) is 0 Å². The predicted octanol–water partition coefficient (Wildman–Crippen LogP) is 1.33. The molecule has 4 heteroatoms. The molecule has 2 heterocycles. The molecule has 1 aromatic rings. The van der Waals surface area contributed by atoms with Crippen LogP contribution in [-0.2, 0) is 13.1 Å². The molecule has 0 amide bonds. The standard InChI is InChI=1S/C13H24N4/c1-3-17-13(4-7-15-17)11-16-8-5-12(6-9-16)10-14-2/h4,7,12,14H,3,5-6,8-11H2,1-2H3. The topological polar surface area (TPSA) is 33.1 Å². The van der Waals surface area contributed by atoms with E-state index in [4.69, 9.17) is 0 Å². The molecule has 0 aliphatic carbocycles. The summed E-state index contributed by atoms with van der Waals surface area (Å²) in [4.78, 5) is 2.55. The number of nitrogens with zero attached hydrogens (tertiary/aromatic N) is 3. The molecule has 1 fully saturated rings. The van der Waals surface area contributed by atoms with E-state index in [0.29, 0.717) is 0 Å². The second kappa shape index (κ2) is 6.17. The van der Waals surface area contributed by atoms with Crippen LogP contribution in [0, 0.1) is 5.92 Å². The van der Waals surface area contributed by atoms with Crippen LogP contribution >= 0.6 is 0 Å². The predicted molar refractivity (Wildman–Crippen MR) is 69.8 cm³/mol. The van der Waals surface area contributed by atoms with Gasteiger partial charge in [0.15, 0.2) is 0 Å². The molecular formula is C13H24N4. The van der Waals surface area contributed by atoms with E-state index in [1.807, 2.05) is 13.2 Å². The molecule has 1 aliphatic rings. The Morgan fingerprint density at radius 3 is 2.82 bits per heavy atom. The average Bonchev–Trinajstić information content (AvgIpc) is 2.79. The van der Waals surface area contributed by atoms with Crippen molar-refractivity contribution >= 4 is 0 Å². The zero-order valence-corrected chi connectivity index (χ0v) is 11.0. The number of nitrogens with one attached hydrogen (secondary N) is 1. The van der Waals surface area contributed by atoms with Crippen LogP contribution in [0.15, 0.2) is 12.3 Å². The molecule has 96 valence electrons. The largest absolute Gasteiger partial charge is 0.319 e. The number of hydrogen-bond donors (Lipinski definition) is 1. The Bertz CT molecular complexity index is 326. The number of aromatic nitrogens is 2. The maximum absolute atomic E-state index is 4.32. The first-order valence-electron chi connectivity index (χ1n) is 6.71. The molecular weight excluding hydrogens is 212 g/mol. The van der Waals surface area contributed by atoms with Crippen LogP contribution in [0.25, 0.3) is 0 Å². The van der Waals surface area contributed by atoms with Gasteiger partial charge in [0.05, 0.1) is 5.69 Å². The second-order valence-corrected chi connectivity index (χ2v) is 4.92. The lowest BCUT2D eigenvalue weighted by Gasteiger charge is -2.31. The van der Waals surface area contributed by atoms with Gasteiger partial charge in [-0.05, 0) is 58.4 Å². The first-order valence-corrected chi connectivity index (χ1v) is 6.71. The number of piperidine rings is 1. The molecule has 0 unspecified atom stereocenters. The summed E-state index contributed by atoms with van der Waals surface area (Å²) in [7, 11) is 2.05. The maximum atomic E-state index is 4.32. The lowest BCUT2D eigenvalue weighted by molar-refractivity contribution is 0.172. The number of hydrogen-bond acceptors (Lipinski definition) is 3. The highest BCUT2D eigenvalue weighted by molar-refractivity contribution is 5.00. The number of rotatable bonds is 5. The van der Waals surface area contributed by atoms with Crippen molar-refractivity contribution in [3.8, 4) is 0 Å². The number of aryl methyl sites for hydroxylation is 1. The summed E-state index contributed by atoms with van der Waals surface area (Å²) in [5.74, 6) is 0.868. The fourth-order valence-electron chi connectivity index (χ4n) is 2.65. The van der Waals surface area contributed by atoms with Gasteiger partial charge in [0, 0.05) is 19.3 Å². The third kappa shape index (κ3) is 3.30. The molecule has 1 N–H and O–H groups in total. The SMILES string of the molecule is CCn1nccc1CN1CCC(CNC)CC1. The molecule has 0 bridgehead atoms. The zero-order chi connectivity index (χ0) is 12.1. The molecule has 2 rings (SSSR count). The van der Waals surface area contributed by atoms with Crippen LogP contribution in [0.5, 0.6) is 0 Å². The van der Waals surface area contributed by atoms with Gasteiger partial charge in [0.25, 0.3) is 0 Å². The van der Waals surface area contributed by atoms with Crippen molar-refractivity contribution in [3.63, 3.8) is 0 Å². The third-order valence-electron chi connectivity index (χ3n) is 3.69. The summed E-state index contributed by atoms with van der Waals surface area (Å²) < 4.78 is 2.10. The summed E-state index contributed by atoms with van der Waals surface area (Å²) in [6.45, 7) is 7.79. The van der Waals surface area contributed by atoms with Gasteiger partial charge in [-0.15, -0.1) is 0 Å². The second-order valence-electron chi connectivity index (χ2n) is 4.92. The van der Waals surface area contributed by atoms with Crippen LogP contribution in [0.1, 0.15) is 25.5 Å². The van der Waals surface area contributed by atoms with E-state index in [1.54, 1.807) is 0 Å². The third-order valence-corrected chi connectivity index (χ3v) is 3.69. The van der Waals surface area contributed by atoms with E-state index >= 15 is 0 Å². The van der Waals surface area contributed by atoms with E-state index in [9.17, 15) is 0 Å². The van der Waals surface area contributed by atoms with Gasteiger partial charge in [-0.2, -0.15) is 5.10 Å². The normalized spacial score (nSPS) is 18.7. The summed E-state index contributed by atoms with van der Waals surface area (Å²) in [6.07, 6.45) is 4.55. The fraction of sp³-hybridized carbons (Fsp3) is 0.769. The zero-order valence-electron chi connectivity index (χ0n) is 11.0. The van der Waals surface area contributed by atoms with Crippen molar-refractivity contribution in [3.05, 3.63) is 18.0 Å². The molecule has 1 saturated heterocycles. The Morgan fingerprint density at radius 2 is 2.18 bits per heavy atom. The molecule has 0 atom stereocenters. The molecule has 1 aliphatic heterocycles. The Morgan fingerprint density at radius 1 is 1.41 bits per heavy atom. The van der Waals surface area contributed by atoms with Gasteiger partial charge >= 0.3 is 0 Å². The van der Waals surface area contributed by atoms with Gasteiger partial charge in [-0.3, -0.25) is 9.58 Å². The summed E-state index contributed by atoms with van der Waals surface area (Å²) in [6, 6.07) is 2.14. The first kappa shape index (κ1) is 12.6. The monoisotopic (exact) mass is 236 g/mol.